The van der Waals surface area contributed by atoms with Crippen LogP contribution in [0.3, 0.4) is 0 Å². The molecule has 0 aromatic heterocycles. The van der Waals surface area contributed by atoms with Crippen molar-refractivity contribution in [2.24, 2.45) is 0 Å². The van der Waals surface area contributed by atoms with Crippen molar-refractivity contribution >= 4 is 33.9 Å². The second-order valence-corrected chi connectivity index (χ2v) is 7.97. The van der Waals surface area contributed by atoms with Crippen molar-refractivity contribution in [3.05, 3.63) is 0 Å². The standard InChI is InChI=1S/C11H21NO7S2/c1-11(2,3)19-10(15)12-8(9(13)14)7-20-5-4-6-21(16,17)18/h8H,4-7H2,1-3H3,(H,12,15)(H,13,14)(H,16,17,18)/t8-/m0/s1. The Morgan fingerprint density at radius 3 is 2.33 bits per heavy atom. The Kier molecular flexibility index (Phi) is 8.04. The number of hydrogen-bond donors (Lipinski definition) is 3. The molecule has 0 aliphatic carbocycles. The van der Waals surface area contributed by atoms with E-state index in [4.69, 9.17) is 14.4 Å². The molecule has 124 valence electrons. The molecule has 0 aromatic carbocycles. The van der Waals surface area contributed by atoms with Gasteiger partial charge >= 0.3 is 12.1 Å². The average Bonchev–Trinajstić information content (AvgIpc) is 2.22. The fraction of sp³-hybridized carbons (Fsp3) is 0.818. The minimum Gasteiger partial charge on any atom is -0.480 e. The number of hydrogen-bond acceptors (Lipinski definition) is 6. The smallest absolute Gasteiger partial charge is 0.408 e. The van der Waals surface area contributed by atoms with Gasteiger partial charge in [-0.15, -0.1) is 0 Å². The maximum Gasteiger partial charge on any atom is 0.408 e. The van der Waals surface area contributed by atoms with Crippen molar-refractivity contribution < 1.29 is 32.4 Å². The maximum absolute atomic E-state index is 11.5. The van der Waals surface area contributed by atoms with Crippen LogP contribution in [0.25, 0.3) is 0 Å². The number of thioether (sulfide) groups is 1. The molecule has 1 amide bonds. The molecular formula is C11H21NO7S2. The molecule has 0 unspecified atom stereocenters. The van der Waals surface area contributed by atoms with Crippen LogP contribution in [0.1, 0.15) is 27.2 Å². The van der Waals surface area contributed by atoms with Gasteiger partial charge in [0.1, 0.15) is 11.6 Å². The highest BCUT2D eigenvalue weighted by Crippen LogP contribution is 2.09. The summed E-state index contributed by atoms with van der Waals surface area (Å²) >= 11 is 1.16. The molecule has 0 aliphatic heterocycles. The summed E-state index contributed by atoms with van der Waals surface area (Å²) in [6.07, 6.45) is -0.629. The third kappa shape index (κ3) is 12.5. The molecule has 0 rings (SSSR count). The highest BCUT2D eigenvalue weighted by molar-refractivity contribution is 7.99. The molecule has 3 N–H and O–H groups in total. The van der Waals surface area contributed by atoms with Crippen LogP contribution < -0.4 is 5.32 Å². The molecule has 0 saturated heterocycles. The van der Waals surface area contributed by atoms with Crippen LogP contribution in [-0.4, -0.2) is 59.0 Å². The normalized spacial score (nSPS) is 13.5. The number of amides is 1. The molecule has 0 heterocycles. The van der Waals surface area contributed by atoms with Gasteiger partial charge in [-0.05, 0) is 32.9 Å². The zero-order chi connectivity index (χ0) is 16.7. The summed E-state index contributed by atoms with van der Waals surface area (Å²) in [5, 5.41) is 11.2. The van der Waals surface area contributed by atoms with Gasteiger partial charge in [0.05, 0.1) is 5.75 Å². The van der Waals surface area contributed by atoms with E-state index in [1.807, 2.05) is 0 Å². The Labute approximate surface area is 128 Å². The van der Waals surface area contributed by atoms with Crippen molar-refractivity contribution in [3.8, 4) is 0 Å². The number of aliphatic carboxylic acids is 1. The topological polar surface area (TPSA) is 130 Å². The molecule has 0 fully saturated rings. The monoisotopic (exact) mass is 343 g/mol. The Morgan fingerprint density at radius 2 is 1.90 bits per heavy atom. The van der Waals surface area contributed by atoms with Gasteiger partial charge in [0.15, 0.2) is 0 Å². The van der Waals surface area contributed by atoms with E-state index in [0.29, 0.717) is 5.75 Å². The largest absolute Gasteiger partial charge is 0.480 e. The van der Waals surface area contributed by atoms with Gasteiger partial charge in [-0.1, -0.05) is 0 Å². The molecule has 0 radical (unpaired) electrons. The van der Waals surface area contributed by atoms with Crippen molar-refractivity contribution in [3.63, 3.8) is 0 Å². The van der Waals surface area contributed by atoms with Crippen LogP contribution >= 0.6 is 11.8 Å². The van der Waals surface area contributed by atoms with Crippen LogP contribution in [-0.2, 0) is 19.6 Å². The number of carboxylic acid groups (broad SMARTS) is 1. The minimum absolute atomic E-state index is 0.0695. The summed E-state index contributed by atoms with van der Waals surface area (Å²) in [5.41, 5.74) is -0.726. The van der Waals surface area contributed by atoms with Crippen LogP contribution in [0.5, 0.6) is 0 Å². The van der Waals surface area contributed by atoms with E-state index in [1.54, 1.807) is 20.8 Å². The average molecular weight is 343 g/mol. The second kappa shape index (κ2) is 8.44. The summed E-state index contributed by atoms with van der Waals surface area (Å²) in [6, 6.07) is -1.13. The third-order valence-electron chi connectivity index (χ3n) is 1.96. The highest BCUT2D eigenvalue weighted by atomic mass is 32.2. The molecule has 0 aliphatic rings. The molecule has 0 spiro atoms. The predicted octanol–water partition coefficient (Wildman–Crippen LogP) is 0.975. The van der Waals surface area contributed by atoms with Crippen LogP contribution in [0.2, 0.25) is 0 Å². The lowest BCUT2D eigenvalue weighted by molar-refractivity contribution is -0.138. The van der Waals surface area contributed by atoms with Crippen LogP contribution in [0, 0.1) is 0 Å². The summed E-state index contributed by atoms with van der Waals surface area (Å²) < 4.78 is 34.5. The Morgan fingerprint density at radius 1 is 1.33 bits per heavy atom. The highest BCUT2D eigenvalue weighted by Gasteiger charge is 2.23. The molecule has 1 atom stereocenters. The molecule has 8 nitrogen and oxygen atoms in total. The summed E-state index contributed by atoms with van der Waals surface area (Å²) in [6.45, 7) is 4.98. The first-order valence-electron chi connectivity index (χ1n) is 6.16. The van der Waals surface area contributed by atoms with E-state index in [9.17, 15) is 18.0 Å². The van der Waals surface area contributed by atoms with Gasteiger partial charge in [0, 0.05) is 5.75 Å². The molecule has 0 saturated carbocycles. The molecule has 0 aromatic rings. The van der Waals surface area contributed by atoms with Crippen LogP contribution in [0.15, 0.2) is 0 Å². The zero-order valence-corrected chi connectivity index (χ0v) is 13.8. The first-order chi connectivity index (χ1) is 9.41. The summed E-state index contributed by atoms with van der Waals surface area (Å²) in [4.78, 5) is 22.5. The lowest BCUT2D eigenvalue weighted by atomic mass is 10.2. The number of ether oxygens (including phenoxy) is 1. The fourth-order valence-corrected chi connectivity index (χ4v) is 2.84. The second-order valence-electron chi connectivity index (χ2n) is 5.25. The van der Waals surface area contributed by atoms with E-state index in [1.165, 1.54) is 0 Å². The Hall–Kier alpha value is -1.00. The number of nitrogens with one attached hydrogen (secondary N) is 1. The quantitative estimate of drug-likeness (QED) is 0.439. The number of carbonyl (C=O) groups is 2. The maximum atomic E-state index is 11.5. The number of alkyl carbamates (subject to hydrolysis) is 1. The van der Waals surface area contributed by atoms with E-state index < -0.39 is 33.8 Å². The fourth-order valence-electron chi connectivity index (χ4n) is 1.17. The van der Waals surface area contributed by atoms with Crippen molar-refractivity contribution in [1.29, 1.82) is 0 Å². The van der Waals surface area contributed by atoms with Crippen LogP contribution in [0.4, 0.5) is 4.79 Å². The van der Waals surface area contributed by atoms with Crippen molar-refractivity contribution in [2.45, 2.75) is 38.8 Å². The van der Waals surface area contributed by atoms with Gasteiger partial charge in [-0.3, -0.25) is 4.55 Å². The first kappa shape index (κ1) is 20.0. The summed E-state index contributed by atoms with van der Waals surface area (Å²) in [5.74, 6) is -1.17. The van der Waals surface area contributed by atoms with E-state index >= 15 is 0 Å². The minimum atomic E-state index is -4.00. The summed E-state index contributed by atoms with van der Waals surface area (Å²) in [7, 11) is -4.00. The first-order valence-corrected chi connectivity index (χ1v) is 8.92. The van der Waals surface area contributed by atoms with Gasteiger partial charge in [0.2, 0.25) is 0 Å². The lowest BCUT2D eigenvalue weighted by Gasteiger charge is -2.21. The van der Waals surface area contributed by atoms with Crippen molar-refractivity contribution in [1.82, 2.24) is 5.32 Å². The molecule has 0 bridgehead atoms. The predicted molar refractivity (Wildman–Crippen MR) is 79.2 cm³/mol. The van der Waals surface area contributed by atoms with E-state index in [-0.39, 0.29) is 17.9 Å². The van der Waals surface area contributed by atoms with E-state index in [0.717, 1.165) is 11.8 Å². The van der Waals surface area contributed by atoms with Gasteiger partial charge < -0.3 is 15.2 Å². The molecule has 21 heavy (non-hydrogen) atoms. The lowest BCUT2D eigenvalue weighted by Crippen LogP contribution is -2.45. The Bertz CT molecular complexity index is 456. The third-order valence-corrected chi connectivity index (χ3v) is 3.92. The number of carbonyl (C=O) groups excluding carboxylic acids is 1. The molecular weight excluding hydrogens is 322 g/mol. The van der Waals surface area contributed by atoms with Gasteiger partial charge in [0.25, 0.3) is 10.1 Å². The number of carboxylic acids is 1. The number of rotatable bonds is 8. The van der Waals surface area contributed by atoms with Gasteiger partial charge in [-0.2, -0.15) is 20.2 Å². The van der Waals surface area contributed by atoms with E-state index in [2.05, 4.69) is 5.32 Å². The Balaban J connectivity index is 4.15. The van der Waals surface area contributed by atoms with Crippen molar-refractivity contribution in [2.75, 3.05) is 17.3 Å². The zero-order valence-electron chi connectivity index (χ0n) is 12.2. The van der Waals surface area contributed by atoms with Gasteiger partial charge in [-0.25, -0.2) is 9.59 Å². The molecule has 10 heteroatoms. The SMILES string of the molecule is CC(C)(C)OC(=O)N[C@@H](CSCCCS(=O)(=O)O)C(=O)O.